The van der Waals surface area contributed by atoms with E-state index < -0.39 is 11.9 Å². The maximum atomic E-state index is 12.2. The van der Waals surface area contributed by atoms with Crippen molar-refractivity contribution in [2.24, 2.45) is 0 Å². The number of aryl methyl sites for hydroxylation is 3. The lowest BCUT2D eigenvalue weighted by Crippen LogP contribution is -2.23. The Morgan fingerprint density at radius 2 is 1.24 bits per heavy atom. The third-order valence-electron chi connectivity index (χ3n) is 8.48. The van der Waals surface area contributed by atoms with Crippen molar-refractivity contribution in [3.8, 4) is 50.6 Å². The first-order valence-corrected chi connectivity index (χ1v) is 17.1. The topological polar surface area (TPSA) is 80.3 Å². The van der Waals surface area contributed by atoms with Crippen LogP contribution in [-0.2, 0) is 19.1 Å². The molecule has 7 heteroatoms. The van der Waals surface area contributed by atoms with Crippen molar-refractivity contribution in [2.75, 3.05) is 19.8 Å². The maximum Gasteiger partial charge on any atom is 0.338 e. The van der Waals surface area contributed by atoms with E-state index in [2.05, 4.69) is 58.2 Å². The molecule has 0 radical (unpaired) electrons. The SMILES string of the molecule is C=C(C)C(=O)Oc1ccc(-c2cc(-c3c(C)cc(C)cc3C)cc(-c3ccc(OC(=O)C(=C)C)cc3)c2OCCCOC2CCCCO2)cc1. The fraction of sp³-hybridized carbons (Fsp3) is 0.302. The lowest BCUT2D eigenvalue weighted by Gasteiger charge is -2.23. The Bertz CT molecular complexity index is 1750. The Balaban J connectivity index is 1.59. The van der Waals surface area contributed by atoms with Gasteiger partial charge in [0, 0.05) is 35.3 Å². The van der Waals surface area contributed by atoms with Crippen LogP contribution in [0.5, 0.6) is 17.2 Å². The summed E-state index contributed by atoms with van der Waals surface area (Å²) in [6, 6.07) is 23.5. The monoisotopic (exact) mass is 674 g/mol. The molecule has 1 atom stereocenters. The van der Waals surface area contributed by atoms with Crippen LogP contribution < -0.4 is 14.2 Å². The summed E-state index contributed by atoms with van der Waals surface area (Å²) < 4.78 is 29.4. The van der Waals surface area contributed by atoms with Crippen LogP contribution in [0.1, 0.15) is 56.2 Å². The van der Waals surface area contributed by atoms with Crippen molar-refractivity contribution >= 4 is 11.9 Å². The van der Waals surface area contributed by atoms with Crippen molar-refractivity contribution in [1.82, 2.24) is 0 Å². The quantitative estimate of drug-likeness (QED) is 0.0604. The summed E-state index contributed by atoms with van der Waals surface area (Å²) >= 11 is 0. The minimum atomic E-state index is -0.477. The van der Waals surface area contributed by atoms with Crippen molar-refractivity contribution in [3.05, 3.63) is 114 Å². The van der Waals surface area contributed by atoms with Gasteiger partial charge in [-0.2, -0.15) is 0 Å². The van der Waals surface area contributed by atoms with E-state index in [4.69, 9.17) is 23.7 Å². The zero-order valence-corrected chi connectivity index (χ0v) is 29.7. The fourth-order valence-electron chi connectivity index (χ4n) is 6.08. The third kappa shape index (κ3) is 9.17. The van der Waals surface area contributed by atoms with E-state index in [0.717, 1.165) is 59.3 Å². The number of carbonyl (C=O) groups is 2. The number of esters is 2. The molecule has 0 aromatic heterocycles. The van der Waals surface area contributed by atoms with Crippen LogP contribution in [-0.4, -0.2) is 38.0 Å². The number of ether oxygens (including phenoxy) is 5. The number of hydrogen-bond acceptors (Lipinski definition) is 7. The lowest BCUT2D eigenvalue weighted by molar-refractivity contribution is -0.163. The molecule has 1 aliphatic rings. The zero-order chi connectivity index (χ0) is 35.8. The standard InChI is InChI=1S/C43H46O7/c1-27(2)42(44)49-35-16-12-32(13-17-35)37-25-34(40-30(6)23-29(5)24-31(40)7)26-38(33-14-18-36(19-15-33)50-43(45)28(3)4)41(37)48-22-10-21-47-39-11-8-9-20-46-39/h12-19,23-26,39H,1,3,8-11,20-22H2,2,4-7H3. The molecule has 1 saturated heterocycles. The van der Waals surface area contributed by atoms with E-state index in [-0.39, 0.29) is 6.29 Å². The van der Waals surface area contributed by atoms with Crippen LogP contribution in [0.25, 0.3) is 33.4 Å². The van der Waals surface area contributed by atoms with Gasteiger partial charge in [-0.15, -0.1) is 0 Å². The van der Waals surface area contributed by atoms with E-state index in [0.29, 0.717) is 48.0 Å². The van der Waals surface area contributed by atoms with Crippen LogP contribution in [0.15, 0.2) is 97.1 Å². The van der Waals surface area contributed by atoms with Gasteiger partial charge in [-0.05, 0) is 124 Å². The predicted octanol–water partition coefficient (Wildman–Crippen LogP) is 9.89. The van der Waals surface area contributed by atoms with Crippen LogP contribution in [0, 0.1) is 20.8 Å². The van der Waals surface area contributed by atoms with Crippen molar-refractivity contribution < 1.29 is 33.3 Å². The second kappa shape index (κ2) is 16.6. The number of benzene rings is 4. The first-order chi connectivity index (χ1) is 24.0. The molecule has 260 valence electrons. The molecule has 0 saturated carbocycles. The molecule has 1 heterocycles. The normalized spacial score (nSPS) is 14.1. The molecule has 1 unspecified atom stereocenters. The average molecular weight is 675 g/mol. The molecule has 1 fully saturated rings. The third-order valence-corrected chi connectivity index (χ3v) is 8.48. The minimum Gasteiger partial charge on any atom is -0.492 e. The van der Waals surface area contributed by atoms with E-state index in [1.807, 2.05) is 24.3 Å². The number of carbonyl (C=O) groups excluding carboxylic acids is 2. The first-order valence-electron chi connectivity index (χ1n) is 17.1. The molecular formula is C43H46O7. The highest BCUT2D eigenvalue weighted by Gasteiger charge is 2.20. The second-order valence-corrected chi connectivity index (χ2v) is 12.9. The molecule has 0 N–H and O–H groups in total. The predicted molar refractivity (Wildman–Crippen MR) is 198 cm³/mol. The largest absolute Gasteiger partial charge is 0.492 e. The Morgan fingerprint density at radius 1 is 0.720 bits per heavy atom. The number of rotatable bonds is 13. The second-order valence-electron chi connectivity index (χ2n) is 12.9. The Kier molecular flexibility index (Phi) is 12.1. The lowest BCUT2D eigenvalue weighted by atomic mass is 9.88. The molecule has 0 spiro atoms. The molecule has 50 heavy (non-hydrogen) atoms. The molecule has 5 rings (SSSR count). The summed E-state index contributed by atoms with van der Waals surface area (Å²) in [7, 11) is 0. The molecule has 1 aliphatic heterocycles. The molecule has 0 bridgehead atoms. The van der Waals surface area contributed by atoms with E-state index in [9.17, 15) is 9.59 Å². The van der Waals surface area contributed by atoms with Crippen molar-refractivity contribution in [1.29, 1.82) is 0 Å². The van der Waals surface area contributed by atoms with Crippen molar-refractivity contribution in [3.63, 3.8) is 0 Å². The summed E-state index contributed by atoms with van der Waals surface area (Å²) in [4.78, 5) is 24.4. The molecule has 4 aromatic carbocycles. The first kappa shape index (κ1) is 36.3. The minimum absolute atomic E-state index is 0.162. The van der Waals surface area contributed by atoms with Crippen LogP contribution in [0.2, 0.25) is 0 Å². The summed E-state index contributed by atoms with van der Waals surface area (Å²) in [5.74, 6) is 0.591. The molecule has 0 aliphatic carbocycles. The van der Waals surface area contributed by atoms with Crippen LogP contribution in [0.3, 0.4) is 0 Å². The molecule has 4 aromatic rings. The maximum absolute atomic E-state index is 12.2. The van der Waals surface area contributed by atoms with Crippen LogP contribution >= 0.6 is 0 Å². The Labute approximate surface area is 295 Å². The van der Waals surface area contributed by atoms with Gasteiger partial charge in [0.1, 0.15) is 17.2 Å². The Morgan fingerprint density at radius 3 is 1.70 bits per heavy atom. The average Bonchev–Trinajstić information content (AvgIpc) is 3.09. The smallest absolute Gasteiger partial charge is 0.338 e. The van der Waals surface area contributed by atoms with Gasteiger partial charge in [0.15, 0.2) is 6.29 Å². The van der Waals surface area contributed by atoms with E-state index in [1.54, 1.807) is 38.1 Å². The van der Waals surface area contributed by atoms with Crippen LogP contribution in [0.4, 0.5) is 0 Å². The summed E-state index contributed by atoms with van der Waals surface area (Å²) in [6.07, 6.45) is 3.59. The molecular weight excluding hydrogens is 628 g/mol. The number of hydrogen-bond donors (Lipinski definition) is 0. The Hall–Kier alpha value is -4.98. The zero-order valence-electron chi connectivity index (χ0n) is 29.7. The van der Waals surface area contributed by atoms with Gasteiger partial charge >= 0.3 is 11.9 Å². The molecule has 7 nitrogen and oxygen atoms in total. The highest BCUT2D eigenvalue weighted by Crippen LogP contribution is 2.45. The van der Waals surface area contributed by atoms with Gasteiger partial charge in [-0.25, -0.2) is 9.59 Å². The van der Waals surface area contributed by atoms with E-state index >= 15 is 0 Å². The highest BCUT2D eigenvalue weighted by atomic mass is 16.7. The van der Waals surface area contributed by atoms with Gasteiger partial charge in [0.05, 0.1) is 13.2 Å². The molecule has 0 amide bonds. The van der Waals surface area contributed by atoms with Gasteiger partial charge in [-0.1, -0.05) is 55.1 Å². The summed E-state index contributed by atoms with van der Waals surface area (Å²) in [5, 5.41) is 0. The van der Waals surface area contributed by atoms with Gasteiger partial charge in [0.2, 0.25) is 0 Å². The van der Waals surface area contributed by atoms with Gasteiger partial charge in [-0.3, -0.25) is 0 Å². The van der Waals surface area contributed by atoms with Crippen molar-refractivity contribution in [2.45, 2.75) is 66.6 Å². The summed E-state index contributed by atoms with van der Waals surface area (Å²) in [6.45, 7) is 18.6. The highest BCUT2D eigenvalue weighted by molar-refractivity contribution is 5.91. The fourth-order valence-corrected chi connectivity index (χ4v) is 6.08. The van der Waals surface area contributed by atoms with Gasteiger partial charge < -0.3 is 23.7 Å². The summed E-state index contributed by atoms with van der Waals surface area (Å²) in [5.41, 5.74) is 9.89. The van der Waals surface area contributed by atoms with Gasteiger partial charge in [0.25, 0.3) is 0 Å². The van der Waals surface area contributed by atoms with E-state index in [1.165, 1.54) is 16.7 Å².